The second kappa shape index (κ2) is 5.53. The molecule has 0 aliphatic heterocycles. The number of amides is 1. The molecule has 3 heteroatoms. The minimum absolute atomic E-state index is 0.0866. The molecule has 0 atom stereocenters. The number of nitrogens with one attached hydrogen (secondary N) is 2. The van der Waals surface area contributed by atoms with E-state index in [1.54, 1.807) is 0 Å². The lowest BCUT2D eigenvalue weighted by molar-refractivity contribution is 0.0938. The van der Waals surface area contributed by atoms with Crippen molar-refractivity contribution in [2.24, 2.45) is 0 Å². The van der Waals surface area contributed by atoms with Gasteiger partial charge in [-0.1, -0.05) is 23.8 Å². The highest BCUT2D eigenvalue weighted by atomic mass is 16.2. The molecule has 0 spiro atoms. The third-order valence-electron chi connectivity index (χ3n) is 2.94. The van der Waals surface area contributed by atoms with Crippen LogP contribution in [0.25, 0.3) is 0 Å². The highest BCUT2D eigenvalue weighted by Gasteiger charge is 2.06. The summed E-state index contributed by atoms with van der Waals surface area (Å²) < 4.78 is 0. The smallest absolute Gasteiger partial charge is 0.269 e. The molecule has 0 saturated heterocycles. The summed E-state index contributed by atoms with van der Waals surface area (Å²) in [5, 5.41) is 0. The van der Waals surface area contributed by atoms with Gasteiger partial charge in [-0.3, -0.25) is 10.2 Å². The quantitative estimate of drug-likeness (QED) is 0.784. The minimum atomic E-state index is -0.0866. The lowest BCUT2D eigenvalue weighted by Crippen LogP contribution is -2.37. The van der Waals surface area contributed by atoms with E-state index in [9.17, 15) is 4.79 Å². The minimum Gasteiger partial charge on any atom is -0.303 e. The van der Waals surface area contributed by atoms with Crippen molar-refractivity contribution < 1.29 is 4.79 Å². The van der Waals surface area contributed by atoms with Crippen molar-refractivity contribution in [2.45, 2.75) is 32.6 Å². The summed E-state index contributed by atoms with van der Waals surface area (Å²) in [6.45, 7) is 2.01. The van der Waals surface area contributed by atoms with Crippen molar-refractivity contribution in [2.75, 3.05) is 0 Å². The Kier molecular flexibility index (Phi) is 3.81. The average molecular weight is 230 g/mol. The molecule has 2 rings (SSSR count). The van der Waals surface area contributed by atoms with Crippen molar-refractivity contribution in [3.63, 3.8) is 0 Å². The third kappa shape index (κ3) is 3.34. The van der Waals surface area contributed by atoms with Crippen LogP contribution in [0.15, 0.2) is 36.0 Å². The fraction of sp³-hybridized carbons (Fsp3) is 0.357. The lowest BCUT2D eigenvalue weighted by atomic mass is 10.1. The summed E-state index contributed by atoms with van der Waals surface area (Å²) in [4.78, 5) is 11.8. The highest BCUT2D eigenvalue weighted by Crippen LogP contribution is 2.14. The molecule has 3 nitrogen and oxygen atoms in total. The molecule has 0 saturated carbocycles. The molecule has 0 fully saturated rings. The summed E-state index contributed by atoms with van der Waals surface area (Å²) in [6.07, 6.45) is 6.71. The van der Waals surface area contributed by atoms with Gasteiger partial charge in [0.15, 0.2) is 0 Å². The van der Waals surface area contributed by atoms with Crippen molar-refractivity contribution in [1.29, 1.82) is 0 Å². The van der Waals surface area contributed by atoms with Crippen LogP contribution in [0.5, 0.6) is 0 Å². The van der Waals surface area contributed by atoms with Gasteiger partial charge < -0.3 is 5.43 Å². The van der Waals surface area contributed by atoms with Gasteiger partial charge in [0.25, 0.3) is 5.91 Å². The Balaban J connectivity index is 1.88. The van der Waals surface area contributed by atoms with E-state index in [2.05, 4.69) is 16.9 Å². The van der Waals surface area contributed by atoms with Gasteiger partial charge in [0.05, 0.1) is 0 Å². The number of rotatable bonds is 3. The first-order valence-electron chi connectivity index (χ1n) is 6.08. The van der Waals surface area contributed by atoms with E-state index in [0.717, 1.165) is 24.1 Å². The Hall–Kier alpha value is -1.77. The molecule has 1 aromatic rings. The van der Waals surface area contributed by atoms with E-state index in [1.807, 2.05) is 31.2 Å². The zero-order valence-electron chi connectivity index (χ0n) is 10.1. The highest BCUT2D eigenvalue weighted by molar-refractivity contribution is 5.93. The third-order valence-corrected chi connectivity index (χ3v) is 2.94. The molecular weight excluding hydrogens is 212 g/mol. The van der Waals surface area contributed by atoms with E-state index < -0.39 is 0 Å². The predicted molar refractivity (Wildman–Crippen MR) is 68.3 cm³/mol. The van der Waals surface area contributed by atoms with Crippen molar-refractivity contribution in [3.8, 4) is 0 Å². The maximum atomic E-state index is 11.8. The summed E-state index contributed by atoms with van der Waals surface area (Å²) in [6, 6.07) is 7.55. The molecule has 1 amide bonds. The average Bonchev–Trinajstić information content (AvgIpc) is 2.38. The maximum Gasteiger partial charge on any atom is 0.269 e. The predicted octanol–water partition coefficient (Wildman–Crippen LogP) is 2.69. The topological polar surface area (TPSA) is 41.1 Å². The van der Waals surface area contributed by atoms with Crippen LogP contribution >= 0.6 is 0 Å². The van der Waals surface area contributed by atoms with E-state index in [1.165, 1.54) is 12.8 Å². The van der Waals surface area contributed by atoms with Crippen LogP contribution in [-0.2, 0) is 0 Å². The van der Waals surface area contributed by atoms with Gasteiger partial charge >= 0.3 is 0 Å². The lowest BCUT2D eigenvalue weighted by Gasteiger charge is -2.15. The Morgan fingerprint density at radius 1 is 1.18 bits per heavy atom. The first-order chi connectivity index (χ1) is 8.25. The van der Waals surface area contributed by atoms with E-state index in [-0.39, 0.29) is 5.91 Å². The zero-order chi connectivity index (χ0) is 12.1. The molecule has 2 N–H and O–H groups in total. The standard InChI is InChI=1S/C14H18N2O/c1-11-7-9-12(10-8-11)14(17)16-15-13-5-3-2-4-6-13/h5,7-10,15H,2-4,6H2,1H3,(H,16,17). The molecule has 1 aliphatic carbocycles. The van der Waals surface area contributed by atoms with Gasteiger partial charge in [-0.2, -0.15) is 0 Å². The Bertz CT molecular complexity index is 420. The molecule has 1 aromatic carbocycles. The molecule has 90 valence electrons. The van der Waals surface area contributed by atoms with Crippen LogP contribution in [0.4, 0.5) is 0 Å². The number of hydrazine groups is 1. The Morgan fingerprint density at radius 2 is 1.94 bits per heavy atom. The van der Waals surface area contributed by atoms with Gasteiger partial charge in [0.2, 0.25) is 0 Å². The second-order valence-electron chi connectivity index (χ2n) is 4.42. The summed E-state index contributed by atoms with van der Waals surface area (Å²) in [5.41, 5.74) is 8.69. The number of carbonyl (C=O) groups is 1. The van der Waals surface area contributed by atoms with Crippen LogP contribution in [0.2, 0.25) is 0 Å². The summed E-state index contributed by atoms with van der Waals surface area (Å²) in [7, 11) is 0. The second-order valence-corrected chi connectivity index (χ2v) is 4.42. The summed E-state index contributed by atoms with van der Waals surface area (Å²) in [5.74, 6) is -0.0866. The van der Waals surface area contributed by atoms with Gasteiger partial charge in [0.1, 0.15) is 0 Å². The summed E-state index contributed by atoms with van der Waals surface area (Å²) >= 11 is 0. The van der Waals surface area contributed by atoms with Crippen molar-refractivity contribution in [1.82, 2.24) is 10.9 Å². The Morgan fingerprint density at radius 3 is 2.59 bits per heavy atom. The van der Waals surface area contributed by atoms with E-state index in [0.29, 0.717) is 5.56 Å². The molecular formula is C14H18N2O. The fourth-order valence-corrected chi connectivity index (χ4v) is 1.87. The SMILES string of the molecule is Cc1ccc(C(=O)NNC2=CCCCC2)cc1. The number of allylic oxidation sites excluding steroid dienone is 2. The molecule has 1 aliphatic rings. The maximum absolute atomic E-state index is 11.8. The number of carbonyl (C=O) groups excluding carboxylic acids is 1. The molecule has 0 heterocycles. The zero-order valence-corrected chi connectivity index (χ0v) is 10.1. The van der Waals surface area contributed by atoms with Crippen LogP contribution in [0.3, 0.4) is 0 Å². The number of benzene rings is 1. The van der Waals surface area contributed by atoms with Crippen LogP contribution in [0, 0.1) is 6.92 Å². The normalized spacial score (nSPS) is 15.0. The first-order valence-corrected chi connectivity index (χ1v) is 6.08. The van der Waals surface area contributed by atoms with Gasteiger partial charge in [-0.15, -0.1) is 0 Å². The van der Waals surface area contributed by atoms with E-state index >= 15 is 0 Å². The van der Waals surface area contributed by atoms with Crippen molar-refractivity contribution in [3.05, 3.63) is 47.2 Å². The monoisotopic (exact) mass is 230 g/mol. The first kappa shape index (κ1) is 11.7. The van der Waals surface area contributed by atoms with Crippen LogP contribution < -0.4 is 10.9 Å². The van der Waals surface area contributed by atoms with Crippen LogP contribution in [-0.4, -0.2) is 5.91 Å². The molecule has 0 bridgehead atoms. The molecule has 0 radical (unpaired) electrons. The van der Waals surface area contributed by atoms with Gasteiger partial charge in [-0.25, -0.2) is 0 Å². The number of hydrogen-bond donors (Lipinski definition) is 2. The number of hydrogen-bond acceptors (Lipinski definition) is 2. The Labute approximate surface area is 102 Å². The van der Waals surface area contributed by atoms with Gasteiger partial charge in [0, 0.05) is 11.3 Å². The van der Waals surface area contributed by atoms with E-state index in [4.69, 9.17) is 0 Å². The van der Waals surface area contributed by atoms with Crippen molar-refractivity contribution >= 4 is 5.91 Å². The largest absolute Gasteiger partial charge is 0.303 e. The van der Waals surface area contributed by atoms with Crippen LogP contribution in [0.1, 0.15) is 41.6 Å². The number of aryl methyl sites for hydroxylation is 1. The molecule has 0 aromatic heterocycles. The molecule has 17 heavy (non-hydrogen) atoms. The van der Waals surface area contributed by atoms with Gasteiger partial charge in [-0.05, 0) is 44.7 Å². The molecule has 0 unspecified atom stereocenters. The fourth-order valence-electron chi connectivity index (χ4n) is 1.87.